The number of nitrogens with one attached hydrogen (secondary N) is 1. The van der Waals surface area contributed by atoms with E-state index in [4.69, 9.17) is 0 Å². The maximum absolute atomic E-state index is 13.0. The molecular formula is C25H34N2O3S. The highest BCUT2D eigenvalue weighted by molar-refractivity contribution is 7.89. The summed E-state index contributed by atoms with van der Waals surface area (Å²) in [5.74, 6) is 0.176. The Morgan fingerprint density at radius 3 is 2.03 bits per heavy atom. The maximum Gasteiger partial charge on any atom is 0.243 e. The predicted molar refractivity (Wildman–Crippen MR) is 126 cm³/mol. The van der Waals surface area contributed by atoms with Crippen LogP contribution in [0.2, 0.25) is 0 Å². The number of nitrogens with zero attached hydrogens (tertiary/aromatic N) is 1. The van der Waals surface area contributed by atoms with Crippen LogP contribution in [0.15, 0.2) is 47.4 Å². The zero-order valence-corrected chi connectivity index (χ0v) is 19.8. The van der Waals surface area contributed by atoms with Gasteiger partial charge in [-0.05, 0) is 60.4 Å². The first kappa shape index (κ1) is 23.5. The molecule has 0 unspecified atom stereocenters. The van der Waals surface area contributed by atoms with E-state index < -0.39 is 10.0 Å². The summed E-state index contributed by atoms with van der Waals surface area (Å²) in [7, 11) is -3.53. The number of piperidine rings is 1. The van der Waals surface area contributed by atoms with E-state index >= 15 is 0 Å². The van der Waals surface area contributed by atoms with E-state index in [9.17, 15) is 13.2 Å². The smallest absolute Gasteiger partial charge is 0.243 e. The van der Waals surface area contributed by atoms with E-state index in [1.807, 2.05) is 18.2 Å². The first-order chi connectivity index (χ1) is 14.8. The lowest BCUT2D eigenvalue weighted by molar-refractivity contribution is -0.120. The number of carbonyl (C=O) groups is 1. The molecule has 1 heterocycles. The second-order valence-corrected chi connectivity index (χ2v) is 10.5. The van der Waals surface area contributed by atoms with Gasteiger partial charge in [-0.2, -0.15) is 4.31 Å². The Morgan fingerprint density at radius 1 is 1.00 bits per heavy atom. The third-order valence-electron chi connectivity index (χ3n) is 6.26. The van der Waals surface area contributed by atoms with Crippen molar-refractivity contribution in [2.24, 2.45) is 5.92 Å². The lowest BCUT2D eigenvalue weighted by Crippen LogP contribution is -2.41. The largest absolute Gasteiger partial charge is 0.325 e. The minimum atomic E-state index is -3.53. The topological polar surface area (TPSA) is 66.5 Å². The van der Waals surface area contributed by atoms with Crippen LogP contribution in [0.3, 0.4) is 0 Å². The van der Waals surface area contributed by atoms with Crippen LogP contribution in [-0.4, -0.2) is 31.7 Å². The normalized spacial score (nSPS) is 15.9. The zero-order chi connectivity index (χ0) is 22.6. The molecule has 0 bridgehead atoms. The van der Waals surface area contributed by atoms with Crippen LogP contribution >= 0.6 is 0 Å². The van der Waals surface area contributed by atoms with Crippen LogP contribution in [0, 0.1) is 5.92 Å². The van der Waals surface area contributed by atoms with E-state index in [1.165, 1.54) is 4.31 Å². The molecule has 0 aromatic heterocycles. The Kier molecular flexibility index (Phi) is 7.55. The standard InChI is InChI=1S/C25H34N2O3S/c1-5-19-8-7-9-20(6-2)24(19)26-25(28)22-14-16-27(17-15-22)31(29,30)23-12-10-21(11-13-23)18(3)4/h7-13,18,22H,5-6,14-17H2,1-4H3,(H,26,28). The molecule has 5 nitrogen and oxygen atoms in total. The number of anilines is 1. The third kappa shape index (κ3) is 5.18. The molecule has 0 aliphatic carbocycles. The van der Waals surface area contributed by atoms with E-state index in [2.05, 4.69) is 45.1 Å². The highest BCUT2D eigenvalue weighted by Gasteiger charge is 2.32. The van der Waals surface area contributed by atoms with Gasteiger partial charge in [-0.1, -0.05) is 58.0 Å². The highest BCUT2D eigenvalue weighted by Crippen LogP contribution is 2.28. The quantitative estimate of drug-likeness (QED) is 0.658. The molecule has 1 amide bonds. The van der Waals surface area contributed by atoms with Crippen LogP contribution in [0.1, 0.15) is 63.1 Å². The van der Waals surface area contributed by atoms with Crippen molar-refractivity contribution in [1.82, 2.24) is 4.31 Å². The number of sulfonamides is 1. The number of rotatable bonds is 7. The van der Waals surface area contributed by atoms with E-state index in [0.717, 1.165) is 35.2 Å². The van der Waals surface area contributed by atoms with E-state index in [0.29, 0.717) is 36.7 Å². The van der Waals surface area contributed by atoms with Crippen molar-refractivity contribution in [2.75, 3.05) is 18.4 Å². The Balaban J connectivity index is 1.66. The van der Waals surface area contributed by atoms with Crippen molar-refractivity contribution in [2.45, 2.75) is 64.2 Å². The third-order valence-corrected chi connectivity index (χ3v) is 8.17. The van der Waals surface area contributed by atoms with Gasteiger partial charge in [0, 0.05) is 24.7 Å². The first-order valence-electron chi connectivity index (χ1n) is 11.3. The molecule has 0 atom stereocenters. The molecule has 0 saturated carbocycles. The predicted octanol–water partition coefficient (Wildman–Crippen LogP) is 4.97. The fraction of sp³-hybridized carbons (Fsp3) is 0.480. The van der Waals surface area contributed by atoms with Gasteiger partial charge in [0.25, 0.3) is 0 Å². The summed E-state index contributed by atoms with van der Waals surface area (Å²) < 4.78 is 27.6. The SMILES string of the molecule is CCc1cccc(CC)c1NC(=O)C1CCN(S(=O)(=O)c2ccc(C(C)C)cc2)CC1. The average molecular weight is 443 g/mol. The Morgan fingerprint density at radius 2 is 1.55 bits per heavy atom. The van der Waals surface area contributed by atoms with Gasteiger partial charge >= 0.3 is 0 Å². The van der Waals surface area contributed by atoms with Gasteiger partial charge in [0.15, 0.2) is 0 Å². The van der Waals surface area contributed by atoms with Crippen LogP contribution in [0.5, 0.6) is 0 Å². The van der Waals surface area contributed by atoms with E-state index in [1.54, 1.807) is 12.1 Å². The van der Waals surface area contributed by atoms with Crippen molar-refractivity contribution in [3.63, 3.8) is 0 Å². The van der Waals surface area contributed by atoms with Crippen molar-refractivity contribution < 1.29 is 13.2 Å². The second-order valence-electron chi connectivity index (χ2n) is 8.55. The molecule has 1 N–H and O–H groups in total. The fourth-order valence-corrected chi connectivity index (χ4v) is 5.63. The van der Waals surface area contributed by atoms with Crippen molar-refractivity contribution >= 4 is 21.6 Å². The van der Waals surface area contributed by atoms with Gasteiger partial charge in [-0.3, -0.25) is 4.79 Å². The number of hydrogen-bond acceptors (Lipinski definition) is 3. The molecule has 1 aliphatic rings. The number of carbonyl (C=O) groups excluding carboxylic acids is 1. The minimum Gasteiger partial charge on any atom is -0.325 e. The van der Waals surface area contributed by atoms with Gasteiger partial charge in [0.05, 0.1) is 4.90 Å². The summed E-state index contributed by atoms with van der Waals surface area (Å²) in [4.78, 5) is 13.3. The van der Waals surface area contributed by atoms with Gasteiger partial charge < -0.3 is 5.32 Å². The zero-order valence-electron chi connectivity index (χ0n) is 19.0. The maximum atomic E-state index is 13.0. The lowest BCUT2D eigenvalue weighted by Gasteiger charge is -2.31. The molecule has 2 aromatic carbocycles. The van der Waals surface area contributed by atoms with Crippen LogP contribution in [0.25, 0.3) is 0 Å². The average Bonchev–Trinajstić information content (AvgIpc) is 2.79. The molecule has 1 aliphatic heterocycles. The van der Waals surface area contributed by atoms with Crippen LogP contribution in [-0.2, 0) is 27.7 Å². The summed E-state index contributed by atoms with van der Waals surface area (Å²) in [6, 6.07) is 13.3. The first-order valence-corrected chi connectivity index (χ1v) is 12.7. The summed E-state index contributed by atoms with van der Waals surface area (Å²) in [5, 5.41) is 3.15. The second kappa shape index (κ2) is 9.96. The number of amides is 1. The molecule has 31 heavy (non-hydrogen) atoms. The number of para-hydroxylation sites is 1. The van der Waals surface area contributed by atoms with E-state index in [-0.39, 0.29) is 11.8 Å². The summed E-state index contributed by atoms with van der Waals surface area (Å²) in [6.45, 7) is 9.07. The highest BCUT2D eigenvalue weighted by atomic mass is 32.2. The molecule has 0 radical (unpaired) electrons. The molecule has 2 aromatic rings. The van der Waals surface area contributed by atoms with Gasteiger partial charge in [-0.15, -0.1) is 0 Å². The molecule has 168 valence electrons. The molecule has 1 saturated heterocycles. The number of benzene rings is 2. The Bertz CT molecular complexity index is 983. The number of hydrogen-bond donors (Lipinski definition) is 1. The van der Waals surface area contributed by atoms with Gasteiger partial charge in [-0.25, -0.2) is 8.42 Å². The summed E-state index contributed by atoms with van der Waals surface area (Å²) in [5.41, 5.74) is 4.32. The molecule has 3 rings (SSSR count). The molecule has 1 fully saturated rings. The van der Waals surface area contributed by atoms with Gasteiger partial charge in [0.2, 0.25) is 15.9 Å². The van der Waals surface area contributed by atoms with Crippen LogP contribution < -0.4 is 5.32 Å². The van der Waals surface area contributed by atoms with Crippen molar-refractivity contribution in [1.29, 1.82) is 0 Å². The fourth-order valence-electron chi connectivity index (χ4n) is 4.16. The van der Waals surface area contributed by atoms with Gasteiger partial charge in [0.1, 0.15) is 0 Å². The lowest BCUT2D eigenvalue weighted by atomic mass is 9.96. The molecule has 6 heteroatoms. The molecule has 0 spiro atoms. The Labute approximate surface area is 186 Å². The summed E-state index contributed by atoms with van der Waals surface area (Å²) >= 11 is 0. The van der Waals surface area contributed by atoms with Crippen LogP contribution in [0.4, 0.5) is 5.69 Å². The summed E-state index contributed by atoms with van der Waals surface area (Å²) in [6.07, 6.45) is 2.78. The number of aryl methyl sites for hydroxylation is 2. The Hall–Kier alpha value is -2.18. The minimum absolute atomic E-state index is 0.00562. The van der Waals surface area contributed by atoms with Crippen molar-refractivity contribution in [3.05, 3.63) is 59.2 Å². The monoisotopic (exact) mass is 442 g/mol. The molecular weight excluding hydrogens is 408 g/mol. The van der Waals surface area contributed by atoms with Crippen molar-refractivity contribution in [3.8, 4) is 0 Å².